The van der Waals surface area contributed by atoms with Crippen molar-refractivity contribution in [1.82, 2.24) is 5.32 Å². The fourth-order valence-corrected chi connectivity index (χ4v) is 2.48. The van der Waals surface area contributed by atoms with Gasteiger partial charge in [0.25, 0.3) is 0 Å². The number of nitrogens with one attached hydrogen (secondary N) is 1. The Morgan fingerprint density at radius 3 is 2.73 bits per heavy atom. The highest BCUT2D eigenvalue weighted by Crippen LogP contribution is 2.24. The van der Waals surface area contributed by atoms with Crippen molar-refractivity contribution in [2.45, 2.75) is 19.0 Å². The maximum atomic E-state index is 3.60. The molecular formula is C14H15N. The van der Waals surface area contributed by atoms with Gasteiger partial charge in [0.1, 0.15) is 0 Å². The molecule has 0 bridgehead atoms. The second-order valence-electron chi connectivity index (χ2n) is 4.31. The van der Waals surface area contributed by atoms with Crippen LogP contribution in [0.3, 0.4) is 0 Å². The lowest BCUT2D eigenvalue weighted by molar-refractivity contribution is 0.484. The van der Waals surface area contributed by atoms with Crippen LogP contribution in [0.5, 0.6) is 0 Å². The third-order valence-corrected chi connectivity index (χ3v) is 3.35. The van der Waals surface area contributed by atoms with Crippen LogP contribution >= 0.6 is 0 Å². The topological polar surface area (TPSA) is 12.0 Å². The van der Waals surface area contributed by atoms with Gasteiger partial charge < -0.3 is 5.32 Å². The number of benzene rings is 1. The average Bonchev–Trinajstić information content (AvgIpc) is 2.48. The molecule has 1 heterocycles. The second-order valence-corrected chi connectivity index (χ2v) is 4.31. The lowest BCUT2D eigenvalue weighted by atomic mass is 9.89. The van der Waals surface area contributed by atoms with Crippen molar-refractivity contribution in [3.05, 3.63) is 59.7 Å². The Hall–Kier alpha value is -1.34. The minimum Gasteiger partial charge on any atom is -0.306 e. The molecule has 0 radical (unpaired) electrons. The van der Waals surface area contributed by atoms with Gasteiger partial charge in [-0.05, 0) is 17.5 Å². The Morgan fingerprint density at radius 2 is 1.80 bits per heavy atom. The first-order valence-electron chi connectivity index (χ1n) is 5.58. The van der Waals surface area contributed by atoms with E-state index in [0.717, 1.165) is 13.0 Å². The summed E-state index contributed by atoms with van der Waals surface area (Å²) in [5.74, 6) is 0.624. The summed E-state index contributed by atoms with van der Waals surface area (Å²) in [7, 11) is 0. The lowest BCUT2D eigenvalue weighted by Gasteiger charge is -2.21. The first kappa shape index (κ1) is 8.93. The van der Waals surface area contributed by atoms with E-state index in [1.807, 2.05) is 0 Å². The van der Waals surface area contributed by atoms with E-state index in [-0.39, 0.29) is 0 Å². The van der Waals surface area contributed by atoms with Crippen LogP contribution in [0.25, 0.3) is 0 Å². The molecule has 76 valence electrons. The quantitative estimate of drug-likeness (QED) is 0.673. The summed E-state index contributed by atoms with van der Waals surface area (Å²) in [6.45, 7) is 0.996. The summed E-state index contributed by atoms with van der Waals surface area (Å²) < 4.78 is 0. The first-order valence-corrected chi connectivity index (χ1v) is 5.58. The van der Waals surface area contributed by atoms with E-state index >= 15 is 0 Å². The van der Waals surface area contributed by atoms with Gasteiger partial charge in [-0.15, -0.1) is 0 Å². The highest BCUT2D eigenvalue weighted by molar-refractivity contribution is 5.32. The standard InChI is InChI=1S/C14H15N/c1-2-7-13-10-15-14-8-4-3-6-12(14)9-11(13)5-1/h1-8,12,14-15H,9-10H2. The predicted molar refractivity (Wildman–Crippen MR) is 62.5 cm³/mol. The Bertz CT molecular complexity index is 417. The van der Waals surface area contributed by atoms with E-state index < -0.39 is 0 Å². The van der Waals surface area contributed by atoms with Crippen LogP contribution in [0.4, 0.5) is 0 Å². The number of fused-ring (bicyclic) bond motifs is 2. The fourth-order valence-electron chi connectivity index (χ4n) is 2.48. The molecule has 0 fully saturated rings. The van der Waals surface area contributed by atoms with E-state index in [4.69, 9.17) is 0 Å². The van der Waals surface area contributed by atoms with Crippen molar-refractivity contribution in [2.75, 3.05) is 0 Å². The van der Waals surface area contributed by atoms with E-state index in [9.17, 15) is 0 Å². The Kier molecular flexibility index (Phi) is 2.18. The van der Waals surface area contributed by atoms with Gasteiger partial charge >= 0.3 is 0 Å². The van der Waals surface area contributed by atoms with Gasteiger partial charge in [-0.2, -0.15) is 0 Å². The van der Waals surface area contributed by atoms with Gasteiger partial charge in [0, 0.05) is 18.5 Å². The molecule has 1 heteroatoms. The summed E-state index contributed by atoms with van der Waals surface area (Å²) in [4.78, 5) is 0. The third kappa shape index (κ3) is 1.64. The molecule has 0 saturated carbocycles. The number of hydrogen-bond acceptors (Lipinski definition) is 1. The molecular weight excluding hydrogens is 182 g/mol. The van der Waals surface area contributed by atoms with Crippen LogP contribution in [0, 0.1) is 5.92 Å². The first-order chi connectivity index (χ1) is 7.43. The number of allylic oxidation sites excluding steroid dienone is 2. The zero-order valence-electron chi connectivity index (χ0n) is 8.69. The SMILES string of the molecule is C1=CC2Cc3ccccc3CNC2C=C1. The van der Waals surface area contributed by atoms with Crippen molar-refractivity contribution < 1.29 is 0 Å². The molecule has 1 N–H and O–H groups in total. The fraction of sp³-hybridized carbons (Fsp3) is 0.286. The van der Waals surface area contributed by atoms with E-state index in [1.165, 1.54) is 11.1 Å². The van der Waals surface area contributed by atoms with Crippen LogP contribution < -0.4 is 5.32 Å². The van der Waals surface area contributed by atoms with Crippen molar-refractivity contribution >= 4 is 0 Å². The molecule has 1 aliphatic heterocycles. The zero-order chi connectivity index (χ0) is 10.1. The summed E-state index contributed by atoms with van der Waals surface area (Å²) in [5, 5.41) is 3.60. The second kappa shape index (κ2) is 3.67. The van der Waals surface area contributed by atoms with Gasteiger partial charge in [0.2, 0.25) is 0 Å². The molecule has 2 unspecified atom stereocenters. The van der Waals surface area contributed by atoms with E-state index in [1.54, 1.807) is 0 Å². The van der Waals surface area contributed by atoms with Gasteiger partial charge in [0.05, 0.1) is 0 Å². The molecule has 0 amide bonds. The molecule has 1 aromatic carbocycles. The molecule has 1 nitrogen and oxygen atoms in total. The van der Waals surface area contributed by atoms with Gasteiger partial charge in [0.15, 0.2) is 0 Å². The van der Waals surface area contributed by atoms with Gasteiger partial charge in [-0.3, -0.25) is 0 Å². The summed E-state index contributed by atoms with van der Waals surface area (Å²) in [6, 6.07) is 9.27. The number of rotatable bonds is 0. The summed E-state index contributed by atoms with van der Waals surface area (Å²) in [6.07, 6.45) is 10.1. The van der Waals surface area contributed by atoms with Gasteiger partial charge in [-0.25, -0.2) is 0 Å². The largest absolute Gasteiger partial charge is 0.306 e. The molecule has 2 atom stereocenters. The maximum absolute atomic E-state index is 3.60. The van der Waals surface area contributed by atoms with Crippen LogP contribution in [0.2, 0.25) is 0 Å². The smallest absolute Gasteiger partial charge is 0.0322 e. The minimum absolute atomic E-state index is 0.516. The maximum Gasteiger partial charge on any atom is 0.0322 e. The zero-order valence-corrected chi connectivity index (χ0v) is 8.69. The lowest BCUT2D eigenvalue weighted by Crippen LogP contribution is -2.32. The third-order valence-electron chi connectivity index (χ3n) is 3.35. The molecule has 1 aliphatic carbocycles. The molecule has 3 rings (SSSR count). The van der Waals surface area contributed by atoms with E-state index in [0.29, 0.717) is 12.0 Å². The highest BCUT2D eigenvalue weighted by atomic mass is 14.9. The van der Waals surface area contributed by atoms with Crippen LogP contribution in [0.15, 0.2) is 48.6 Å². The molecule has 0 aromatic heterocycles. The normalized spacial score (nSPS) is 28.0. The molecule has 1 aromatic rings. The van der Waals surface area contributed by atoms with E-state index in [2.05, 4.69) is 53.9 Å². The van der Waals surface area contributed by atoms with Crippen molar-refractivity contribution in [1.29, 1.82) is 0 Å². The average molecular weight is 197 g/mol. The van der Waals surface area contributed by atoms with Crippen molar-refractivity contribution in [3.8, 4) is 0 Å². The Balaban J connectivity index is 1.96. The van der Waals surface area contributed by atoms with Crippen LogP contribution in [-0.2, 0) is 13.0 Å². The Morgan fingerprint density at radius 1 is 1.00 bits per heavy atom. The summed E-state index contributed by atoms with van der Waals surface area (Å²) in [5.41, 5.74) is 2.95. The Labute approximate surface area is 90.5 Å². The van der Waals surface area contributed by atoms with Crippen molar-refractivity contribution in [3.63, 3.8) is 0 Å². The minimum atomic E-state index is 0.516. The van der Waals surface area contributed by atoms with Gasteiger partial charge in [-0.1, -0.05) is 48.6 Å². The molecule has 2 aliphatic rings. The summed E-state index contributed by atoms with van der Waals surface area (Å²) >= 11 is 0. The molecule has 0 saturated heterocycles. The predicted octanol–water partition coefficient (Wildman–Crippen LogP) is 2.44. The van der Waals surface area contributed by atoms with Crippen molar-refractivity contribution in [2.24, 2.45) is 5.92 Å². The van der Waals surface area contributed by atoms with Crippen LogP contribution in [0.1, 0.15) is 11.1 Å². The highest BCUT2D eigenvalue weighted by Gasteiger charge is 2.22. The number of hydrogen-bond donors (Lipinski definition) is 1. The molecule has 0 spiro atoms. The van der Waals surface area contributed by atoms with Crippen LogP contribution in [-0.4, -0.2) is 6.04 Å². The molecule has 15 heavy (non-hydrogen) atoms. The monoisotopic (exact) mass is 197 g/mol.